The lowest BCUT2D eigenvalue weighted by molar-refractivity contribution is -0.114. The molecule has 1 N–H and O–H groups in total. The molecule has 40 heavy (non-hydrogen) atoms. The van der Waals surface area contributed by atoms with E-state index in [4.69, 9.17) is 4.74 Å². The van der Waals surface area contributed by atoms with E-state index in [9.17, 15) is 21.6 Å². The molecule has 1 aliphatic rings. The molecule has 0 aromatic heterocycles. The highest BCUT2D eigenvalue weighted by Crippen LogP contribution is 2.32. The first-order valence-electron chi connectivity index (χ1n) is 13.1. The highest BCUT2D eigenvalue weighted by molar-refractivity contribution is 7.92. The molecule has 0 bridgehead atoms. The fourth-order valence-electron chi connectivity index (χ4n) is 4.66. The number of anilines is 2. The summed E-state index contributed by atoms with van der Waals surface area (Å²) in [5.41, 5.74) is 3.04. The Morgan fingerprint density at radius 3 is 2.17 bits per heavy atom. The summed E-state index contributed by atoms with van der Waals surface area (Å²) in [6, 6.07) is 16.2. The number of sulfonamides is 2. The molecular weight excluding hydrogens is 550 g/mol. The fraction of sp³-hybridized carbons (Fsp3) is 0.345. The summed E-state index contributed by atoms with van der Waals surface area (Å²) in [6.45, 7) is 5.82. The zero-order chi connectivity index (χ0) is 29.1. The highest BCUT2D eigenvalue weighted by atomic mass is 32.2. The molecule has 0 atom stereocenters. The summed E-state index contributed by atoms with van der Waals surface area (Å²) in [4.78, 5) is 13.3. The number of hydrogen-bond acceptors (Lipinski definition) is 6. The first kappa shape index (κ1) is 29.6. The maximum absolute atomic E-state index is 13.8. The molecule has 11 heteroatoms. The second-order valence-electron chi connectivity index (χ2n) is 9.99. The highest BCUT2D eigenvalue weighted by Gasteiger charge is 2.31. The zero-order valence-electron chi connectivity index (χ0n) is 23.2. The van der Waals surface area contributed by atoms with E-state index in [1.165, 1.54) is 41.7 Å². The summed E-state index contributed by atoms with van der Waals surface area (Å²) in [6.07, 6.45) is 2.53. The van der Waals surface area contributed by atoms with Gasteiger partial charge in [0.2, 0.25) is 15.9 Å². The first-order chi connectivity index (χ1) is 18.9. The van der Waals surface area contributed by atoms with Crippen LogP contribution in [0.1, 0.15) is 36.0 Å². The van der Waals surface area contributed by atoms with Crippen LogP contribution in [0, 0.1) is 20.8 Å². The second kappa shape index (κ2) is 12.0. The predicted octanol–water partition coefficient (Wildman–Crippen LogP) is 4.63. The number of aryl methyl sites for hydroxylation is 3. The van der Waals surface area contributed by atoms with Crippen LogP contribution in [0.3, 0.4) is 0 Å². The number of methoxy groups -OCH3 is 1. The monoisotopic (exact) mass is 585 g/mol. The Kier molecular flexibility index (Phi) is 8.86. The number of nitrogens with one attached hydrogen (secondary N) is 1. The Balaban J connectivity index is 1.67. The molecule has 3 aromatic carbocycles. The maximum Gasteiger partial charge on any atom is 0.264 e. The molecule has 0 spiro atoms. The summed E-state index contributed by atoms with van der Waals surface area (Å²) in [5, 5.41) is 2.69. The first-order valence-corrected chi connectivity index (χ1v) is 16.0. The van der Waals surface area contributed by atoms with E-state index in [0.29, 0.717) is 24.3 Å². The molecule has 1 amide bonds. The van der Waals surface area contributed by atoms with Crippen LogP contribution in [0.4, 0.5) is 11.4 Å². The van der Waals surface area contributed by atoms with Gasteiger partial charge in [0, 0.05) is 18.8 Å². The van der Waals surface area contributed by atoms with Crippen LogP contribution in [0.2, 0.25) is 0 Å². The van der Waals surface area contributed by atoms with Gasteiger partial charge in [-0.3, -0.25) is 9.10 Å². The number of hydrogen-bond donors (Lipinski definition) is 1. The summed E-state index contributed by atoms with van der Waals surface area (Å²) < 4.78 is 62.2. The van der Waals surface area contributed by atoms with Crippen molar-refractivity contribution in [3.63, 3.8) is 0 Å². The van der Waals surface area contributed by atoms with Gasteiger partial charge in [-0.2, -0.15) is 4.31 Å². The second-order valence-corrected chi connectivity index (χ2v) is 13.8. The van der Waals surface area contributed by atoms with Gasteiger partial charge in [-0.25, -0.2) is 16.8 Å². The van der Waals surface area contributed by atoms with E-state index in [0.717, 1.165) is 34.7 Å². The molecular formula is C29H35N3O6S2. The van der Waals surface area contributed by atoms with E-state index in [1.54, 1.807) is 31.2 Å². The van der Waals surface area contributed by atoms with Gasteiger partial charge >= 0.3 is 0 Å². The molecule has 214 valence electrons. The lowest BCUT2D eigenvalue weighted by Gasteiger charge is -2.27. The minimum atomic E-state index is -4.10. The SMILES string of the molecule is COc1ccc(NC(=O)CN(c2cc(C)ccc2C)S(=O)(=O)c2ccc(C)cc2)cc1S(=O)(=O)N1CCCCC1. The minimum Gasteiger partial charge on any atom is -0.495 e. The summed E-state index contributed by atoms with van der Waals surface area (Å²) in [7, 11) is -6.57. The van der Waals surface area contributed by atoms with Crippen molar-refractivity contribution in [1.29, 1.82) is 0 Å². The third kappa shape index (κ3) is 6.32. The number of piperidine rings is 1. The average Bonchev–Trinajstić information content (AvgIpc) is 2.93. The quantitative estimate of drug-likeness (QED) is 0.392. The predicted molar refractivity (Wildman–Crippen MR) is 156 cm³/mol. The fourth-order valence-corrected chi connectivity index (χ4v) is 7.83. The van der Waals surface area contributed by atoms with Crippen molar-refractivity contribution in [3.05, 3.63) is 77.4 Å². The van der Waals surface area contributed by atoms with Crippen LogP contribution in [0.15, 0.2) is 70.5 Å². The van der Waals surface area contributed by atoms with Crippen molar-refractivity contribution in [2.24, 2.45) is 0 Å². The Morgan fingerprint density at radius 2 is 1.52 bits per heavy atom. The summed E-state index contributed by atoms with van der Waals surface area (Å²) in [5.74, 6) is -0.453. The number of rotatable bonds is 9. The lowest BCUT2D eigenvalue weighted by Crippen LogP contribution is -2.38. The number of nitrogens with zero attached hydrogens (tertiary/aromatic N) is 2. The molecule has 1 heterocycles. The number of carbonyl (C=O) groups is 1. The summed E-state index contributed by atoms with van der Waals surface area (Å²) >= 11 is 0. The normalized spacial score (nSPS) is 14.5. The number of amides is 1. The lowest BCUT2D eigenvalue weighted by atomic mass is 10.1. The Labute approximate surface area is 236 Å². The van der Waals surface area contributed by atoms with Crippen molar-refractivity contribution < 1.29 is 26.4 Å². The van der Waals surface area contributed by atoms with Crippen molar-refractivity contribution >= 4 is 37.3 Å². The van der Waals surface area contributed by atoms with E-state index < -0.39 is 32.5 Å². The number of benzene rings is 3. The Morgan fingerprint density at radius 1 is 0.875 bits per heavy atom. The largest absolute Gasteiger partial charge is 0.495 e. The van der Waals surface area contributed by atoms with E-state index in [2.05, 4.69) is 5.32 Å². The van der Waals surface area contributed by atoms with Crippen LogP contribution in [0.25, 0.3) is 0 Å². The molecule has 3 aromatic rings. The maximum atomic E-state index is 13.8. The molecule has 0 saturated carbocycles. The van der Waals surface area contributed by atoms with Crippen molar-refractivity contribution in [3.8, 4) is 5.75 Å². The standard InChI is InChI=1S/C29H35N3O6S2/c1-21-9-13-25(14-10-21)39(34,35)32(26-18-22(2)8-11-23(26)3)20-29(33)30-24-12-15-27(38-4)28(19-24)40(36,37)31-16-6-5-7-17-31/h8-15,18-19H,5-7,16-17,20H2,1-4H3,(H,30,33). The van der Waals surface area contributed by atoms with Crippen LogP contribution >= 0.6 is 0 Å². The van der Waals surface area contributed by atoms with Crippen molar-refractivity contribution in [2.75, 3.05) is 36.4 Å². The van der Waals surface area contributed by atoms with Crippen molar-refractivity contribution in [1.82, 2.24) is 4.31 Å². The zero-order valence-corrected chi connectivity index (χ0v) is 24.8. The van der Waals surface area contributed by atoms with Gasteiger partial charge in [-0.05, 0) is 81.1 Å². The van der Waals surface area contributed by atoms with E-state index in [-0.39, 0.29) is 21.2 Å². The van der Waals surface area contributed by atoms with Crippen LogP contribution < -0.4 is 14.4 Å². The van der Waals surface area contributed by atoms with Crippen LogP contribution in [-0.4, -0.2) is 53.8 Å². The van der Waals surface area contributed by atoms with E-state index in [1.807, 2.05) is 19.9 Å². The molecule has 1 saturated heterocycles. The van der Waals surface area contributed by atoms with Gasteiger partial charge in [0.1, 0.15) is 17.2 Å². The van der Waals surface area contributed by atoms with Gasteiger partial charge in [0.25, 0.3) is 10.0 Å². The van der Waals surface area contributed by atoms with Gasteiger partial charge in [0.05, 0.1) is 17.7 Å². The minimum absolute atomic E-state index is 0.0478. The molecule has 9 nitrogen and oxygen atoms in total. The van der Waals surface area contributed by atoms with Gasteiger partial charge in [0.15, 0.2) is 0 Å². The van der Waals surface area contributed by atoms with Gasteiger partial charge in [-0.15, -0.1) is 0 Å². The molecule has 1 fully saturated rings. The molecule has 0 aliphatic carbocycles. The molecule has 1 aliphatic heterocycles. The third-order valence-corrected chi connectivity index (χ3v) is 10.6. The molecule has 0 unspecified atom stereocenters. The Hall–Kier alpha value is -3.41. The average molecular weight is 586 g/mol. The van der Waals surface area contributed by atoms with Crippen LogP contribution in [0.5, 0.6) is 5.75 Å². The number of carbonyl (C=O) groups excluding carboxylic acids is 1. The van der Waals surface area contributed by atoms with Crippen molar-refractivity contribution in [2.45, 2.75) is 49.8 Å². The third-order valence-electron chi connectivity index (χ3n) is 6.91. The van der Waals surface area contributed by atoms with E-state index >= 15 is 0 Å². The number of ether oxygens (including phenoxy) is 1. The molecule has 4 rings (SSSR count). The topological polar surface area (TPSA) is 113 Å². The van der Waals surface area contributed by atoms with Gasteiger partial charge in [-0.1, -0.05) is 36.2 Å². The van der Waals surface area contributed by atoms with Crippen LogP contribution in [-0.2, 0) is 24.8 Å². The smallest absolute Gasteiger partial charge is 0.264 e. The molecule has 0 radical (unpaired) electrons. The Bertz CT molecular complexity index is 1600. The van der Waals surface area contributed by atoms with Gasteiger partial charge < -0.3 is 10.1 Å².